The summed E-state index contributed by atoms with van der Waals surface area (Å²) in [5, 5.41) is 0. The lowest BCUT2D eigenvalue weighted by molar-refractivity contribution is 0.460. The lowest BCUT2D eigenvalue weighted by Crippen LogP contribution is -1.72. The van der Waals surface area contributed by atoms with Crippen LogP contribution < -0.4 is 0 Å². The van der Waals surface area contributed by atoms with Gasteiger partial charge < -0.3 is 0 Å². The van der Waals surface area contributed by atoms with E-state index in [0.29, 0.717) is 0 Å². The molecule has 0 aliphatic rings. The van der Waals surface area contributed by atoms with Gasteiger partial charge in [-0.1, -0.05) is 19.8 Å². The van der Waals surface area contributed by atoms with E-state index in [9.17, 15) is 4.39 Å². The molecule has 0 aromatic heterocycles. The van der Waals surface area contributed by atoms with Crippen LogP contribution in [-0.4, -0.2) is 6.67 Å². The number of hydrogen-bond acceptors (Lipinski definition) is 0. The zero-order valence-electron chi connectivity index (χ0n) is 4.91. The molecule has 0 rings (SSSR count). The molecule has 0 N–H and O–H groups in total. The molecule has 46 valence electrons. The first-order valence-corrected chi connectivity index (χ1v) is 2.47. The van der Waals surface area contributed by atoms with E-state index in [1.54, 1.807) is 0 Å². The normalized spacial score (nSPS) is 7.71. The molecular weight excluding hydrogens is 110 g/mol. The quantitative estimate of drug-likeness (QED) is 0.399. The molecule has 7 heavy (non-hydrogen) atoms. The standard InChI is InChI=1S/C5H11F.H3P/c1-2-3-4-5-6;/h2-5H2,1H3;1H3. The van der Waals surface area contributed by atoms with E-state index in [0.717, 1.165) is 19.3 Å². The van der Waals surface area contributed by atoms with Gasteiger partial charge in [-0.05, 0) is 6.42 Å². The maximum absolute atomic E-state index is 11.2. The number of rotatable bonds is 3. The molecule has 0 amide bonds. The van der Waals surface area contributed by atoms with Crippen LogP contribution >= 0.6 is 9.90 Å². The van der Waals surface area contributed by atoms with Gasteiger partial charge in [0.1, 0.15) is 0 Å². The van der Waals surface area contributed by atoms with Crippen LogP contribution in [0.5, 0.6) is 0 Å². The first kappa shape index (κ1) is 10.4. The Bertz CT molecular complexity index is 20.0. The predicted octanol–water partition coefficient (Wildman–Crippen LogP) is 2.20. The summed E-state index contributed by atoms with van der Waals surface area (Å²) in [6.07, 6.45) is 2.90. The third-order valence-electron chi connectivity index (χ3n) is 0.737. The third-order valence-corrected chi connectivity index (χ3v) is 0.737. The van der Waals surface area contributed by atoms with Gasteiger partial charge in [-0.2, -0.15) is 9.90 Å². The van der Waals surface area contributed by atoms with Gasteiger partial charge in [0.15, 0.2) is 0 Å². The summed E-state index contributed by atoms with van der Waals surface area (Å²) in [6.45, 7) is 1.92. The van der Waals surface area contributed by atoms with Crippen molar-refractivity contribution in [2.45, 2.75) is 26.2 Å². The average Bonchev–Trinajstić information content (AvgIpc) is 1.61. The Balaban J connectivity index is 0. The first-order chi connectivity index (χ1) is 2.91. The predicted molar refractivity (Wildman–Crippen MR) is 36.6 cm³/mol. The Labute approximate surface area is 48.1 Å². The topological polar surface area (TPSA) is 0 Å². The van der Waals surface area contributed by atoms with Crippen LogP contribution in [0.2, 0.25) is 0 Å². The van der Waals surface area contributed by atoms with E-state index in [2.05, 4.69) is 6.92 Å². The third kappa shape index (κ3) is 10.7. The monoisotopic (exact) mass is 124 g/mol. The minimum Gasteiger partial charge on any atom is -0.251 e. The Kier molecular flexibility index (Phi) is 14.2. The molecule has 2 heteroatoms. The average molecular weight is 124 g/mol. The largest absolute Gasteiger partial charge is 0.251 e. The van der Waals surface area contributed by atoms with Crippen molar-refractivity contribution in [1.29, 1.82) is 0 Å². The molecule has 0 aromatic rings. The second kappa shape index (κ2) is 9.61. The Morgan fingerprint density at radius 2 is 1.86 bits per heavy atom. The van der Waals surface area contributed by atoms with Gasteiger partial charge in [-0.15, -0.1) is 0 Å². The lowest BCUT2D eigenvalue weighted by Gasteiger charge is -1.84. The minimum atomic E-state index is -0.145. The summed E-state index contributed by atoms with van der Waals surface area (Å²) in [5.74, 6) is 0. The van der Waals surface area contributed by atoms with E-state index < -0.39 is 0 Å². The number of alkyl halides is 1. The molecule has 0 saturated carbocycles. The van der Waals surface area contributed by atoms with Crippen LogP contribution in [0.1, 0.15) is 26.2 Å². The zero-order valence-corrected chi connectivity index (χ0v) is 6.33. The van der Waals surface area contributed by atoms with Gasteiger partial charge in [0.25, 0.3) is 0 Å². The van der Waals surface area contributed by atoms with Crippen molar-refractivity contribution in [3.05, 3.63) is 0 Å². The van der Waals surface area contributed by atoms with Gasteiger partial charge in [0, 0.05) is 0 Å². The Morgan fingerprint density at radius 1 is 1.29 bits per heavy atom. The van der Waals surface area contributed by atoms with Crippen molar-refractivity contribution in [3.63, 3.8) is 0 Å². The molecule has 0 heterocycles. The van der Waals surface area contributed by atoms with E-state index in [-0.39, 0.29) is 16.6 Å². The van der Waals surface area contributed by atoms with E-state index in [1.807, 2.05) is 0 Å². The van der Waals surface area contributed by atoms with Crippen LogP contribution in [-0.2, 0) is 0 Å². The van der Waals surface area contributed by atoms with Crippen LogP contribution in [0.4, 0.5) is 4.39 Å². The molecule has 0 bridgehead atoms. The molecule has 1 unspecified atom stereocenters. The van der Waals surface area contributed by atoms with Gasteiger partial charge in [-0.25, -0.2) is 0 Å². The molecule has 0 spiro atoms. The summed E-state index contributed by atoms with van der Waals surface area (Å²) >= 11 is 0. The molecule has 0 saturated heterocycles. The van der Waals surface area contributed by atoms with E-state index >= 15 is 0 Å². The minimum absolute atomic E-state index is 0. The van der Waals surface area contributed by atoms with Crippen molar-refractivity contribution < 1.29 is 4.39 Å². The fraction of sp³-hybridized carbons (Fsp3) is 1.00. The van der Waals surface area contributed by atoms with Gasteiger partial charge >= 0.3 is 0 Å². The lowest BCUT2D eigenvalue weighted by atomic mass is 10.3. The summed E-state index contributed by atoms with van der Waals surface area (Å²) < 4.78 is 11.2. The SMILES string of the molecule is CCCCCF.P. The molecule has 0 fully saturated rings. The van der Waals surface area contributed by atoms with E-state index in [4.69, 9.17) is 0 Å². The Hall–Kier alpha value is 0.360. The number of halogens is 1. The summed E-state index contributed by atoms with van der Waals surface area (Å²) in [5.41, 5.74) is 0. The number of hydrogen-bond donors (Lipinski definition) is 0. The van der Waals surface area contributed by atoms with Crippen LogP contribution in [0.3, 0.4) is 0 Å². The highest BCUT2D eigenvalue weighted by Crippen LogP contribution is 1.91. The highest BCUT2D eigenvalue weighted by atomic mass is 31.0. The Morgan fingerprint density at radius 3 is 2.00 bits per heavy atom. The highest BCUT2D eigenvalue weighted by molar-refractivity contribution is 6.92. The van der Waals surface area contributed by atoms with Crippen LogP contribution in [0.25, 0.3) is 0 Å². The molecule has 0 radical (unpaired) electrons. The zero-order chi connectivity index (χ0) is 4.83. The maximum Gasteiger partial charge on any atom is 0.0894 e. The van der Waals surface area contributed by atoms with Crippen molar-refractivity contribution >= 4 is 9.90 Å². The van der Waals surface area contributed by atoms with Crippen molar-refractivity contribution in [3.8, 4) is 0 Å². The summed E-state index contributed by atoms with van der Waals surface area (Å²) in [7, 11) is 0. The molecule has 0 nitrogen and oxygen atoms in total. The number of unbranched alkanes of at least 4 members (excludes halogenated alkanes) is 2. The molecule has 0 aliphatic heterocycles. The second-order valence-corrected chi connectivity index (χ2v) is 1.40. The fourth-order valence-electron chi connectivity index (χ4n) is 0.344. The van der Waals surface area contributed by atoms with Crippen molar-refractivity contribution in [1.82, 2.24) is 0 Å². The summed E-state index contributed by atoms with van der Waals surface area (Å²) in [6, 6.07) is 0. The first-order valence-electron chi connectivity index (χ1n) is 2.47. The van der Waals surface area contributed by atoms with E-state index in [1.165, 1.54) is 0 Å². The van der Waals surface area contributed by atoms with Gasteiger partial charge in [0.05, 0.1) is 6.67 Å². The molecule has 1 atom stereocenters. The van der Waals surface area contributed by atoms with Gasteiger partial charge in [0.2, 0.25) is 0 Å². The molecular formula is C5H14FP. The molecule has 0 aromatic carbocycles. The van der Waals surface area contributed by atoms with Crippen molar-refractivity contribution in [2.75, 3.05) is 6.67 Å². The second-order valence-electron chi connectivity index (χ2n) is 1.40. The maximum atomic E-state index is 11.2. The van der Waals surface area contributed by atoms with Crippen LogP contribution in [0.15, 0.2) is 0 Å². The van der Waals surface area contributed by atoms with Gasteiger partial charge in [-0.3, -0.25) is 4.39 Å². The van der Waals surface area contributed by atoms with Crippen molar-refractivity contribution in [2.24, 2.45) is 0 Å². The fourth-order valence-corrected chi connectivity index (χ4v) is 0.344. The van der Waals surface area contributed by atoms with Crippen LogP contribution in [0, 0.1) is 0 Å². The molecule has 0 aliphatic carbocycles. The smallest absolute Gasteiger partial charge is 0.0894 e. The highest BCUT2D eigenvalue weighted by Gasteiger charge is 1.78. The summed E-state index contributed by atoms with van der Waals surface area (Å²) in [4.78, 5) is 0.